The molecule has 0 unspecified atom stereocenters. The average molecular weight is 248 g/mol. The van der Waals surface area contributed by atoms with Crippen LogP contribution in [0.15, 0.2) is 18.3 Å². The first-order chi connectivity index (χ1) is 8.66. The van der Waals surface area contributed by atoms with Crippen LogP contribution in [0.3, 0.4) is 0 Å². The smallest absolute Gasteiger partial charge is 0.354 e. The minimum atomic E-state index is -1.03. The van der Waals surface area contributed by atoms with Gasteiger partial charge in [0.2, 0.25) is 5.91 Å². The van der Waals surface area contributed by atoms with E-state index in [-0.39, 0.29) is 11.6 Å². The molecule has 1 fully saturated rings. The number of carbonyl (C=O) groups is 2. The summed E-state index contributed by atoms with van der Waals surface area (Å²) in [4.78, 5) is 28.2. The van der Waals surface area contributed by atoms with Gasteiger partial charge in [-0.3, -0.25) is 4.79 Å². The molecule has 0 atom stereocenters. The highest BCUT2D eigenvalue weighted by atomic mass is 16.4. The molecule has 5 heteroatoms. The van der Waals surface area contributed by atoms with Crippen LogP contribution in [0.4, 0.5) is 0 Å². The molecule has 1 aromatic rings. The predicted octanol–water partition coefficient (Wildman–Crippen LogP) is 1.68. The molecule has 0 saturated carbocycles. The van der Waals surface area contributed by atoms with E-state index >= 15 is 0 Å². The fourth-order valence-corrected chi connectivity index (χ4v) is 2.07. The second-order valence-electron chi connectivity index (χ2n) is 4.48. The Balaban J connectivity index is 2.03. The number of likely N-dealkylation sites (tertiary alicyclic amines) is 1. The number of rotatable bonds is 3. The Morgan fingerprint density at radius 2 is 2.17 bits per heavy atom. The van der Waals surface area contributed by atoms with Crippen LogP contribution in [0.2, 0.25) is 0 Å². The van der Waals surface area contributed by atoms with Gasteiger partial charge in [-0.25, -0.2) is 9.78 Å². The lowest BCUT2D eigenvalue weighted by Crippen LogP contribution is -2.29. The van der Waals surface area contributed by atoms with E-state index in [4.69, 9.17) is 5.11 Å². The van der Waals surface area contributed by atoms with E-state index in [0.29, 0.717) is 13.0 Å². The van der Waals surface area contributed by atoms with Crippen molar-refractivity contribution >= 4 is 11.9 Å². The zero-order valence-electron chi connectivity index (χ0n) is 10.1. The van der Waals surface area contributed by atoms with Crippen molar-refractivity contribution in [1.82, 2.24) is 9.88 Å². The van der Waals surface area contributed by atoms with Crippen LogP contribution in [0.5, 0.6) is 0 Å². The highest BCUT2D eigenvalue weighted by Gasteiger charge is 2.16. The number of amides is 1. The first-order valence-electron chi connectivity index (χ1n) is 6.13. The van der Waals surface area contributed by atoms with Gasteiger partial charge in [-0.15, -0.1) is 0 Å². The van der Waals surface area contributed by atoms with Crippen LogP contribution in [0, 0.1) is 0 Å². The largest absolute Gasteiger partial charge is 0.477 e. The standard InChI is InChI=1S/C13H16N2O3/c16-12-4-2-1-3-7-15(12)9-10-5-6-11(13(17)18)14-8-10/h5-6,8H,1-4,7,9H2,(H,17,18). The molecule has 0 aliphatic carbocycles. The summed E-state index contributed by atoms with van der Waals surface area (Å²) in [5.41, 5.74) is 0.899. The Bertz CT molecular complexity index is 442. The van der Waals surface area contributed by atoms with Gasteiger partial charge in [0.25, 0.3) is 0 Å². The minimum Gasteiger partial charge on any atom is -0.477 e. The number of carboxylic acid groups (broad SMARTS) is 1. The molecule has 1 aliphatic heterocycles. The number of hydrogen-bond donors (Lipinski definition) is 1. The maximum Gasteiger partial charge on any atom is 0.354 e. The van der Waals surface area contributed by atoms with Crippen molar-refractivity contribution < 1.29 is 14.7 Å². The zero-order chi connectivity index (χ0) is 13.0. The second-order valence-corrected chi connectivity index (χ2v) is 4.48. The minimum absolute atomic E-state index is 0.0287. The Morgan fingerprint density at radius 1 is 1.33 bits per heavy atom. The van der Waals surface area contributed by atoms with Crippen molar-refractivity contribution in [3.05, 3.63) is 29.6 Å². The third kappa shape index (κ3) is 3.06. The Kier molecular flexibility index (Phi) is 3.92. The van der Waals surface area contributed by atoms with E-state index in [0.717, 1.165) is 31.4 Å². The molecule has 1 amide bonds. The Labute approximate surface area is 105 Å². The monoisotopic (exact) mass is 248 g/mol. The Hall–Kier alpha value is -1.91. The number of pyridine rings is 1. The van der Waals surface area contributed by atoms with Crippen LogP contribution in [0.25, 0.3) is 0 Å². The summed E-state index contributed by atoms with van der Waals surface area (Å²) in [6.07, 6.45) is 5.23. The number of carboxylic acids is 1. The molecule has 0 radical (unpaired) electrons. The van der Waals surface area contributed by atoms with E-state index in [1.807, 2.05) is 4.90 Å². The highest BCUT2D eigenvalue weighted by molar-refractivity contribution is 5.85. The first kappa shape index (κ1) is 12.5. The molecule has 1 aliphatic rings. The van der Waals surface area contributed by atoms with E-state index in [9.17, 15) is 9.59 Å². The predicted molar refractivity (Wildman–Crippen MR) is 65.1 cm³/mol. The molecule has 2 heterocycles. The summed E-state index contributed by atoms with van der Waals surface area (Å²) in [6, 6.07) is 3.19. The fourth-order valence-electron chi connectivity index (χ4n) is 2.07. The summed E-state index contributed by atoms with van der Waals surface area (Å²) in [7, 11) is 0. The van der Waals surface area contributed by atoms with E-state index in [1.165, 1.54) is 12.3 Å². The molecule has 18 heavy (non-hydrogen) atoms. The van der Waals surface area contributed by atoms with E-state index in [2.05, 4.69) is 4.98 Å². The van der Waals surface area contributed by atoms with Crippen LogP contribution < -0.4 is 0 Å². The lowest BCUT2D eigenvalue weighted by molar-refractivity contribution is -0.131. The zero-order valence-corrected chi connectivity index (χ0v) is 10.1. The highest BCUT2D eigenvalue weighted by Crippen LogP contribution is 2.14. The van der Waals surface area contributed by atoms with Crippen molar-refractivity contribution in [2.75, 3.05) is 6.54 Å². The van der Waals surface area contributed by atoms with Gasteiger partial charge in [0.05, 0.1) is 0 Å². The van der Waals surface area contributed by atoms with Crippen LogP contribution in [-0.2, 0) is 11.3 Å². The van der Waals surface area contributed by atoms with Crippen LogP contribution in [0.1, 0.15) is 41.7 Å². The molecule has 96 valence electrons. The molecule has 1 aromatic heterocycles. The Morgan fingerprint density at radius 3 is 2.83 bits per heavy atom. The summed E-state index contributed by atoms with van der Waals surface area (Å²) in [5.74, 6) is -0.859. The molecule has 2 rings (SSSR count). The molecule has 1 N–H and O–H groups in total. The molecular weight excluding hydrogens is 232 g/mol. The lowest BCUT2D eigenvalue weighted by atomic mass is 10.2. The van der Waals surface area contributed by atoms with Gasteiger partial charge in [-0.1, -0.05) is 12.5 Å². The number of hydrogen-bond acceptors (Lipinski definition) is 3. The van der Waals surface area contributed by atoms with Crippen molar-refractivity contribution in [3.63, 3.8) is 0 Å². The van der Waals surface area contributed by atoms with Gasteiger partial charge in [0.15, 0.2) is 0 Å². The molecule has 0 bridgehead atoms. The summed E-state index contributed by atoms with van der Waals surface area (Å²) in [6.45, 7) is 1.30. The van der Waals surface area contributed by atoms with Gasteiger partial charge in [0, 0.05) is 25.7 Å². The SMILES string of the molecule is O=C(O)c1ccc(CN2CCCCCC2=O)cn1. The van der Waals surface area contributed by atoms with Crippen molar-refractivity contribution in [2.45, 2.75) is 32.2 Å². The van der Waals surface area contributed by atoms with Crippen molar-refractivity contribution in [1.29, 1.82) is 0 Å². The van der Waals surface area contributed by atoms with Gasteiger partial charge in [-0.2, -0.15) is 0 Å². The van der Waals surface area contributed by atoms with E-state index < -0.39 is 5.97 Å². The first-order valence-corrected chi connectivity index (χ1v) is 6.13. The fraction of sp³-hybridized carbons (Fsp3) is 0.462. The summed E-state index contributed by atoms with van der Waals surface area (Å²) in [5, 5.41) is 8.75. The molecule has 0 aromatic carbocycles. The van der Waals surface area contributed by atoms with Crippen molar-refractivity contribution in [3.8, 4) is 0 Å². The second kappa shape index (κ2) is 5.62. The topological polar surface area (TPSA) is 70.5 Å². The summed E-state index contributed by atoms with van der Waals surface area (Å²) < 4.78 is 0. The third-order valence-electron chi connectivity index (χ3n) is 3.09. The molecular formula is C13H16N2O3. The molecule has 5 nitrogen and oxygen atoms in total. The lowest BCUT2D eigenvalue weighted by Gasteiger charge is -2.20. The maximum atomic E-state index is 11.8. The number of carbonyl (C=O) groups excluding carboxylic acids is 1. The summed E-state index contributed by atoms with van der Waals surface area (Å²) >= 11 is 0. The van der Waals surface area contributed by atoms with Gasteiger partial charge < -0.3 is 10.0 Å². The molecule has 0 spiro atoms. The number of nitrogens with zero attached hydrogens (tertiary/aromatic N) is 2. The number of aromatic carboxylic acids is 1. The number of aromatic nitrogens is 1. The van der Waals surface area contributed by atoms with E-state index in [1.54, 1.807) is 6.07 Å². The van der Waals surface area contributed by atoms with Gasteiger partial charge >= 0.3 is 5.97 Å². The quantitative estimate of drug-likeness (QED) is 0.883. The van der Waals surface area contributed by atoms with Crippen molar-refractivity contribution in [2.24, 2.45) is 0 Å². The maximum absolute atomic E-state index is 11.8. The average Bonchev–Trinajstić information content (AvgIpc) is 2.56. The normalized spacial score (nSPS) is 16.4. The van der Waals surface area contributed by atoms with Gasteiger partial charge in [0.1, 0.15) is 5.69 Å². The molecule has 1 saturated heterocycles. The van der Waals surface area contributed by atoms with Crippen LogP contribution in [-0.4, -0.2) is 33.4 Å². The third-order valence-corrected chi connectivity index (χ3v) is 3.09. The van der Waals surface area contributed by atoms with Gasteiger partial charge in [-0.05, 0) is 24.5 Å². The van der Waals surface area contributed by atoms with Crippen LogP contribution >= 0.6 is 0 Å².